The van der Waals surface area contributed by atoms with Crippen LogP contribution < -0.4 is 14.8 Å². The zero-order valence-corrected chi connectivity index (χ0v) is 58.4. The topological polar surface area (TPSA) is 439 Å². The smallest absolute Gasteiger partial charge is 0.295 e. The first-order chi connectivity index (χ1) is 32.1. The van der Waals surface area contributed by atoms with E-state index in [-0.39, 0.29) is 244 Å². The van der Waals surface area contributed by atoms with E-state index in [4.69, 9.17) is 9.47 Å². The van der Waals surface area contributed by atoms with Crippen LogP contribution in [0.1, 0.15) is 11.1 Å². The number of hydrogen-bond acceptors (Lipinski definition) is 19. The number of nitrogens with one attached hydrogen (secondary N) is 1. The number of azo groups is 2. The molecule has 0 fully saturated rings. The molecule has 27 nitrogen and oxygen atoms in total. The zero-order valence-electron chi connectivity index (χ0n) is 41.5. The second-order valence-electron chi connectivity index (χ2n) is 14.4. The van der Waals surface area contributed by atoms with Gasteiger partial charge >= 0.3 is 0 Å². The van der Waals surface area contributed by atoms with E-state index in [2.05, 4.69) is 30.8 Å². The number of nitrogens with zero attached hydrogens (tertiary/aromatic N) is 5. The van der Waals surface area contributed by atoms with Crippen LogP contribution in [0.4, 0.5) is 34.1 Å². The summed E-state index contributed by atoms with van der Waals surface area (Å²) in [6.07, 6.45) is 0. The van der Waals surface area contributed by atoms with Crippen molar-refractivity contribution >= 4 is 300 Å². The number of aliphatic hydroxyl groups excluding tert-OH is 1. The Balaban J connectivity index is 0.00000937. The molecule has 0 amide bonds. The molecule has 0 aliphatic carbocycles. The van der Waals surface area contributed by atoms with Gasteiger partial charge in [-0.2, -0.15) is 65.7 Å². The van der Waals surface area contributed by atoms with Gasteiger partial charge in [-0.05, 0) is 96.4 Å². The maximum atomic E-state index is 12.1. The molecule has 0 bridgehead atoms. The van der Waals surface area contributed by atoms with Crippen LogP contribution >= 0.6 is 0 Å². The minimum Gasteiger partial charge on any atom is -0.494 e. The number of rotatable bonds is 14. The summed E-state index contributed by atoms with van der Waals surface area (Å²) in [5.74, 6) is -0.0787. The summed E-state index contributed by atoms with van der Waals surface area (Å²) in [4.78, 5) is -2.77. The molecule has 378 valence electrons. The van der Waals surface area contributed by atoms with Crippen molar-refractivity contribution in [1.82, 2.24) is 0 Å². The van der Waals surface area contributed by atoms with Crippen molar-refractivity contribution < 1.29 is 92.4 Å². The average Bonchev–Trinajstić information content (AvgIpc) is 3.22. The molecule has 0 aliphatic rings. The fraction of sp³-hybridized carbons (Fsp3) is 0.108. The van der Waals surface area contributed by atoms with E-state index in [1.54, 1.807) is 0 Å². The van der Waals surface area contributed by atoms with Gasteiger partial charge in [-0.3, -0.25) is 27.3 Å². The summed E-state index contributed by atoms with van der Waals surface area (Å²) >= 11 is 0. The molecular weight excluding hydrogens is 1190 g/mol. The van der Waals surface area contributed by atoms with Gasteiger partial charge in [-0.25, -0.2) is 0 Å². The summed E-state index contributed by atoms with van der Waals surface area (Å²) < 4.78 is 214. The van der Waals surface area contributed by atoms with E-state index in [9.17, 15) is 82.9 Å². The average molecular weight is 1230 g/mol. The van der Waals surface area contributed by atoms with E-state index in [1.807, 2.05) is 0 Å². The van der Waals surface area contributed by atoms with Gasteiger partial charge in [-0.1, -0.05) is 0 Å². The molecule has 6 rings (SSSR count). The predicted octanol–water partition coefficient (Wildman–Crippen LogP) is 4.31. The summed E-state index contributed by atoms with van der Waals surface area (Å²) in [6.45, 7) is 2.99. The Morgan fingerprint density at radius 1 is 0.408 bits per heavy atom. The van der Waals surface area contributed by atoms with Crippen molar-refractivity contribution in [3.63, 3.8) is 0 Å². The SMILES string of the molecule is COc1cc(N=Nc2cc(S(=O)(=O)O)cc3cc(S(=O)(=O)O)c(S(=O)(=O)O)cc23)c(C)cc1N=C(O)Nc1cc(C)c(N=Nc2cc(S(=O)(=O)O)cc3cc(S(=O)(=O)O)c(S(=O)(=O)O)cc23)cc1OC.[Na].[Na].[Na].[Na].[Na].[Na]. The number of aliphatic imine (C=N–C) groups is 1. The number of anilines is 1. The zero-order chi connectivity index (χ0) is 52.3. The van der Waals surface area contributed by atoms with Crippen LogP contribution in [-0.4, -0.2) is 281 Å². The summed E-state index contributed by atoms with van der Waals surface area (Å²) in [6, 6.07) is 9.74. The Hall–Kier alpha value is -0.630. The third-order valence-electron chi connectivity index (χ3n) is 9.66. The summed E-state index contributed by atoms with van der Waals surface area (Å²) in [5.41, 5.74) is -0.337. The number of methoxy groups -OCH3 is 2. The first-order valence-electron chi connectivity index (χ1n) is 18.4. The number of ether oxygens (including phenoxy) is 2. The van der Waals surface area contributed by atoms with Crippen LogP contribution in [0.15, 0.2) is 128 Å². The monoisotopic (exact) mass is 1230 g/mol. The molecule has 6 aromatic rings. The molecule has 0 spiro atoms. The van der Waals surface area contributed by atoms with Gasteiger partial charge in [0.15, 0.2) is 0 Å². The van der Waals surface area contributed by atoms with Gasteiger partial charge in [0.25, 0.3) is 66.7 Å². The number of aryl methyl sites for hydroxylation is 2. The van der Waals surface area contributed by atoms with E-state index >= 15 is 0 Å². The molecule has 0 saturated carbocycles. The van der Waals surface area contributed by atoms with Crippen LogP contribution in [-0.2, 0) is 60.7 Å². The molecule has 6 radical (unpaired) electrons. The quantitative estimate of drug-likeness (QED) is 0.0247. The summed E-state index contributed by atoms with van der Waals surface area (Å²) in [7, 11) is -28.9. The van der Waals surface area contributed by atoms with Crippen LogP contribution in [0, 0.1) is 13.8 Å². The molecule has 0 atom stereocenters. The molecule has 0 heterocycles. The van der Waals surface area contributed by atoms with E-state index < -0.39 is 107 Å². The minimum absolute atomic E-state index is 0. The Morgan fingerprint density at radius 3 is 1.08 bits per heavy atom. The van der Waals surface area contributed by atoms with E-state index in [0.29, 0.717) is 24.3 Å². The third-order valence-corrected chi connectivity index (χ3v) is 15.2. The fourth-order valence-corrected chi connectivity index (χ4v) is 11.1. The van der Waals surface area contributed by atoms with Gasteiger partial charge in [0.05, 0.1) is 52.4 Å². The molecule has 0 unspecified atom stereocenters. The molecule has 39 heteroatoms. The molecule has 8 N–H and O–H groups in total. The van der Waals surface area contributed by atoms with Gasteiger partial charge in [0.2, 0.25) is 0 Å². The maximum absolute atomic E-state index is 12.1. The Labute approximate surface area is 566 Å². The maximum Gasteiger partial charge on any atom is 0.295 e. The standard InChI is InChI=1S/C37H32N6O21S6.6Na/c1-17-5-29(31(63-3)15-25(17)40-42-27-11-21(65(45,46)47)7-19-9-33(67(51,52)53)35(13-23(19)27)69(57,58)59)38-37(44)39-30-6-18(2)26(16-32(30)64-4)41-43-28-12-22(66(48,49)50)8-20-10-34(68(54,55)56)36(14-24(20)28)70(60,61)62;;;;;;/h5-16H,1-4H3,(H2,38,39,44)(H,45,46,47)(H,48,49,50)(H,51,52,53)(H,54,55,56)(H,57,58,59)(H,60,61,62);;;;;;. The minimum atomic E-state index is -5.33. The molecule has 76 heavy (non-hydrogen) atoms. The number of aliphatic hydroxyl groups is 1. The van der Waals surface area contributed by atoms with Crippen molar-refractivity contribution in [1.29, 1.82) is 0 Å². The Kier molecular flexibility index (Phi) is 28.3. The third kappa shape index (κ3) is 18.2. The van der Waals surface area contributed by atoms with Crippen LogP contribution in [0.25, 0.3) is 21.5 Å². The van der Waals surface area contributed by atoms with Crippen molar-refractivity contribution in [2.24, 2.45) is 25.4 Å². The molecule has 0 aromatic heterocycles. The van der Waals surface area contributed by atoms with Crippen LogP contribution in [0.2, 0.25) is 0 Å². The van der Waals surface area contributed by atoms with Crippen molar-refractivity contribution in [2.75, 3.05) is 19.5 Å². The second kappa shape index (κ2) is 28.6. The first kappa shape index (κ1) is 75.4. The van der Waals surface area contributed by atoms with Crippen molar-refractivity contribution in [3.05, 3.63) is 83.9 Å². The fourth-order valence-electron chi connectivity index (χ4n) is 6.47. The molecule has 6 aromatic carbocycles. The predicted molar refractivity (Wildman–Crippen MR) is 278 cm³/mol. The largest absolute Gasteiger partial charge is 0.494 e. The van der Waals surface area contributed by atoms with Crippen molar-refractivity contribution in [2.45, 2.75) is 43.2 Å². The number of fused-ring (bicyclic) bond motifs is 2. The molecule has 0 aliphatic heterocycles. The normalized spacial score (nSPS) is 12.4. The van der Waals surface area contributed by atoms with Crippen molar-refractivity contribution in [3.8, 4) is 11.5 Å². The van der Waals surface area contributed by atoms with E-state index in [1.165, 1.54) is 52.3 Å². The van der Waals surface area contributed by atoms with Crippen LogP contribution in [0.5, 0.6) is 11.5 Å². The van der Waals surface area contributed by atoms with Gasteiger partial charge in [-0.15, -0.1) is 10.2 Å². The molecular formula is C37H32N6Na6O21S6. The van der Waals surface area contributed by atoms with Gasteiger partial charge in [0.1, 0.15) is 36.8 Å². The Bertz CT molecular complexity index is 4060. The summed E-state index contributed by atoms with van der Waals surface area (Å²) in [5, 5.41) is 28.3. The second-order valence-corrected chi connectivity index (χ2v) is 22.8. The van der Waals surface area contributed by atoms with Crippen LogP contribution in [0.3, 0.4) is 0 Å². The number of amidine groups is 1. The number of hydrogen-bond donors (Lipinski definition) is 8. The molecule has 0 saturated heterocycles. The number of benzene rings is 6. The first-order valence-corrected chi connectivity index (χ1v) is 27.1. The Morgan fingerprint density at radius 2 is 0.737 bits per heavy atom. The van der Waals surface area contributed by atoms with E-state index in [0.717, 1.165) is 24.3 Å². The van der Waals surface area contributed by atoms with Gasteiger partial charge < -0.3 is 19.9 Å². The van der Waals surface area contributed by atoms with Gasteiger partial charge in [0, 0.05) is 200 Å².